The van der Waals surface area contributed by atoms with Gasteiger partial charge < -0.3 is 59.6 Å². The Hall–Kier alpha value is -4.09. The number of benzene rings is 2. The fourth-order valence-electron chi connectivity index (χ4n) is 5.14. The van der Waals surface area contributed by atoms with Crippen LogP contribution < -0.4 is 48.3 Å². The van der Waals surface area contributed by atoms with Gasteiger partial charge in [0.1, 0.15) is 0 Å². The van der Waals surface area contributed by atoms with Crippen molar-refractivity contribution in [3.63, 3.8) is 0 Å². The predicted octanol–water partition coefficient (Wildman–Crippen LogP) is -0.969. The normalized spacial score (nSPS) is 10.5. The Morgan fingerprint density at radius 1 is 0.462 bits per heavy atom. The van der Waals surface area contributed by atoms with Crippen LogP contribution in [-0.2, 0) is 13.1 Å². The molecule has 2 aromatic heterocycles. The van der Waals surface area contributed by atoms with Crippen LogP contribution in [0.2, 0.25) is 0 Å². The third-order valence-corrected chi connectivity index (χ3v) is 7.95. The number of halogens is 2. The molecular formula is C42H54BrClN4O4. The van der Waals surface area contributed by atoms with Gasteiger partial charge in [-0.25, -0.2) is 9.13 Å². The van der Waals surface area contributed by atoms with E-state index in [4.69, 9.17) is 20.4 Å². The van der Waals surface area contributed by atoms with Crippen LogP contribution in [0.5, 0.6) is 0 Å². The molecule has 0 saturated heterocycles. The fraction of sp³-hybridized carbons (Fsp3) is 0.286. The smallest absolute Gasteiger partial charge is 0.169 e. The first kappa shape index (κ1) is 45.9. The van der Waals surface area contributed by atoms with E-state index in [1.165, 1.54) is 0 Å². The average Bonchev–Trinajstić information content (AvgIpc) is 3.16. The van der Waals surface area contributed by atoms with Crippen molar-refractivity contribution >= 4 is 35.7 Å². The highest BCUT2D eigenvalue weighted by Crippen LogP contribution is 2.18. The summed E-state index contributed by atoms with van der Waals surface area (Å²) in [4.78, 5) is 3.93. The Labute approximate surface area is 326 Å². The van der Waals surface area contributed by atoms with Gasteiger partial charge in [0.15, 0.2) is 37.9 Å². The lowest BCUT2D eigenvalue weighted by Gasteiger charge is -2.22. The highest BCUT2D eigenvalue weighted by Gasteiger charge is 2.06. The number of allylic oxidation sites excluding steroid dienone is 2. The van der Waals surface area contributed by atoms with Gasteiger partial charge in [0.2, 0.25) is 0 Å². The molecule has 0 aliphatic carbocycles. The van der Waals surface area contributed by atoms with E-state index in [9.17, 15) is 0 Å². The topological polar surface area (TPSA) is 95.2 Å². The number of hydrogen-bond donors (Lipinski definition) is 4. The molecule has 0 aliphatic rings. The minimum absolute atomic E-state index is 0. The molecule has 0 atom stereocenters. The summed E-state index contributed by atoms with van der Waals surface area (Å²) in [5, 5.41) is 36.5. The molecule has 0 unspecified atom stereocenters. The fourth-order valence-corrected chi connectivity index (χ4v) is 5.14. The number of nitrogens with zero attached hydrogens (tertiary/aromatic N) is 4. The van der Waals surface area contributed by atoms with E-state index < -0.39 is 0 Å². The van der Waals surface area contributed by atoms with E-state index in [0.717, 1.165) is 59.6 Å². The molecule has 2 heterocycles. The number of aryl methyl sites for hydroxylation is 2. The van der Waals surface area contributed by atoms with E-state index in [1.807, 2.05) is 70.5 Å². The van der Waals surface area contributed by atoms with Gasteiger partial charge >= 0.3 is 0 Å². The molecule has 8 nitrogen and oxygen atoms in total. The van der Waals surface area contributed by atoms with E-state index in [2.05, 4.69) is 95.6 Å². The van der Waals surface area contributed by atoms with Crippen LogP contribution in [0.3, 0.4) is 0 Å². The minimum Gasteiger partial charge on any atom is -1.00 e. The summed E-state index contributed by atoms with van der Waals surface area (Å²) < 4.78 is 4.29. The van der Waals surface area contributed by atoms with Crippen molar-refractivity contribution < 1.29 is 58.9 Å². The van der Waals surface area contributed by atoms with Crippen LogP contribution in [0.1, 0.15) is 35.1 Å². The number of anilines is 2. The summed E-state index contributed by atoms with van der Waals surface area (Å²) in [6, 6.07) is 24.6. The van der Waals surface area contributed by atoms with Gasteiger partial charge in [0.05, 0.1) is 26.4 Å². The Kier molecular flexibility index (Phi) is 24.3. The van der Waals surface area contributed by atoms with Crippen molar-refractivity contribution in [2.24, 2.45) is 0 Å². The summed E-state index contributed by atoms with van der Waals surface area (Å²) in [7, 11) is 0. The summed E-state index contributed by atoms with van der Waals surface area (Å²) in [6.07, 6.45) is 22.4. The second-order valence-electron chi connectivity index (χ2n) is 11.6. The van der Waals surface area contributed by atoms with E-state index >= 15 is 0 Å². The number of aromatic nitrogens is 2. The van der Waals surface area contributed by atoms with Crippen molar-refractivity contribution in [2.45, 2.75) is 25.9 Å². The quantitative estimate of drug-likeness (QED) is 0.0681. The highest BCUT2D eigenvalue weighted by molar-refractivity contribution is 5.71. The summed E-state index contributed by atoms with van der Waals surface area (Å²) in [5.41, 5.74) is 6.54. The molecule has 0 saturated carbocycles. The molecule has 0 spiro atoms. The van der Waals surface area contributed by atoms with E-state index in [1.54, 1.807) is 0 Å². The van der Waals surface area contributed by atoms with Gasteiger partial charge in [-0.15, -0.1) is 13.2 Å². The Bertz CT molecular complexity index is 1450. The number of rotatable bonds is 20. The Morgan fingerprint density at radius 3 is 0.981 bits per heavy atom. The van der Waals surface area contributed by atoms with Crippen LogP contribution in [0.25, 0.3) is 24.3 Å². The summed E-state index contributed by atoms with van der Waals surface area (Å²) >= 11 is 0. The molecule has 0 aliphatic heterocycles. The third-order valence-electron chi connectivity index (χ3n) is 7.95. The zero-order valence-electron chi connectivity index (χ0n) is 29.9. The van der Waals surface area contributed by atoms with Crippen LogP contribution in [0, 0.1) is 0 Å². The van der Waals surface area contributed by atoms with Crippen molar-refractivity contribution in [3.8, 4) is 0 Å². The lowest BCUT2D eigenvalue weighted by molar-refractivity contribution is -0.696. The monoisotopic (exact) mass is 792 g/mol. The number of aliphatic hydroxyl groups is 4. The van der Waals surface area contributed by atoms with Crippen LogP contribution >= 0.6 is 0 Å². The van der Waals surface area contributed by atoms with Gasteiger partial charge in [-0.05, 0) is 46.5 Å². The second-order valence-corrected chi connectivity index (χ2v) is 11.6. The molecule has 280 valence electrons. The Balaban J connectivity index is 0.000000501. The van der Waals surface area contributed by atoms with Crippen LogP contribution in [0.15, 0.2) is 123 Å². The first-order valence-electron chi connectivity index (χ1n) is 17.2. The van der Waals surface area contributed by atoms with E-state index in [-0.39, 0.29) is 55.8 Å². The van der Waals surface area contributed by atoms with Gasteiger partial charge in [0.25, 0.3) is 0 Å². The number of aliphatic hydroxyl groups excluding tert-OH is 4. The van der Waals surface area contributed by atoms with Crippen molar-refractivity contribution in [1.29, 1.82) is 0 Å². The van der Waals surface area contributed by atoms with Crippen LogP contribution in [-0.4, -0.2) is 73.0 Å². The zero-order valence-corrected chi connectivity index (χ0v) is 32.3. The SMILES string of the molecule is C=CCC[n+]1ccc(/C=C/c2ccc(N(CCO)CCO)cc2)cc1.C=CCC[n+]1ccc(/C=C/c2ccc(N(CCO)CCO)cc2)cc1.[Br-].[Cl-]. The van der Waals surface area contributed by atoms with Crippen molar-refractivity contribution in [3.05, 3.63) is 145 Å². The highest BCUT2D eigenvalue weighted by atomic mass is 79.9. The molecule has 0 amide bonds. The number of pyridine rings is 2. The molecule has 4 aromatic rings. The van der Waals surface area contributed by atoms with Gasteiger partial charge in [-0.3, -0.25) is 0 Å². The Morgan fingerprint density at radius 2 is 0.731 bits per heavy atom. The second kappa shape index (κ2) is 27.5. The maximum Gasteiger partial charge on any atom is 0.169 e. The first-order chi connectivity index (χ1) is 24.5. The maximum atomic E-state index is 9.12. The lowest BCUT2D eigenvalue weighted by atomic mass is 10.1. The molecule has 2 aromatic carbocycles. The predicted molar refractivity (Wildman–Crippen MR) is 206 cm³/mol. The molecule has 4 rings (SSSR count). The molecular weight excluding hydrogens is 740 g/mol. The summed E-state index contributed by atoms with van der Waals surface area (Å²) in [6.45, 7) is 11.8. The lowest BCUT2D eigenvalue weighted by Crippen LogP contribution is -3.00. The van der Waals surface area contributed by atoms with Gasteiger partial charge in [-0.1, -0.05) is 60.7 Å². The largest absolute Gasteiger partial charge is 1.00 e. The van der Waals surface area contributed by atoms with Gasteiger partial charge in [-0.2, -0.15) is 0 Å². The third kappa shape index (κ3) is 17.0. The first-order valence-corrected chi connectivity index (χ1v) is 17.2. The molecule has 10 heteroatoms. The van der Waals surface area contributed by atoms with E-state index in [0.29, 0.717) is 26.2 Å². The molecule has 0 fully saturated rings. The zero-order chi connectivity index (χ0) is 35.8. The van der Waals surface area contributed by atoms with Crippen LogP contribution in [0.4, 0.5) is 11.4 Å². The molecule has 4 N–H and O–H groups in total. The van der Waals surface area contributed by atoms with Gasteiger partial charge in [0, 0.05) is 74.7 Å². The standard InChI is InChI=1S/2C21H27N2O2.BrH.ClH/c2*1-2-3-12-22-13-10-20(11-14-22)5-4-19-6-8-21(9-7-19)23(15-17-24)16-18-25;;/h2*2,4-11,13-14,24-25H,1,3,12,15-18H2;2*1H/q2*+1;;/p-2. The maximum absolute atomic E-state index is 9.12. The molecule has 0 radical (unpaired) electrons. The summed E-state index contributed by atoms with van der Waals surface area (Å²) in [5.74, 6) is 0. The minimum atomic E-state index is 0. The molecule has 0 bridgehead atoms. The van der Waals surface area contributed by atoms with Crippen molar-refractivity contribution in [1.82, 2.24) is 0 Å². The van der Waals surface area contributed by atoms with Crippen molar-refractivity contribution in [2.75, 3.05) is 62.4 Å². The number of hydrogen-bond acceptors (Lipinski definition) is 6. The average molecular weight is 794 g/mol. The molecule has 52 heavy (non-hydrogen) atoms.